The number of benzene rings is 4. The highest BCUT2D eigenvalue weighted by Crippen LogP contribution is 2.32. The van der Waals surface area contributed by atoms with Crippen LogP contribution in [0.25, 0.3) is 21.5 Å². The van der Waals surface area contributed by atoms with Gasteiger partial charge in [0.05, 0.1) is 12.7 Å². The molecule has 4 aromatic rings. The average Bonchev–Trinajstić information content (AvgIpc) is 2.87. The minimum Gasteiger partial charge on any atom is -0.465 e. The SMILES string of the molecule is COC(=O)c1cc(C=O)c2ccccc2c1.O=Cc1ccc(OS(=O)(=O)C(F)(F)F)c2ccccc12. The van der Waals surface area contributed by atoms with Crippen molar-refractivity contribution in [3.8, 4) is 5.75 Å². The minimum atomic E-state index is -5.75. The van der Waals surface area contributed by atoms with Crippen LogP contribution < -0.4 is 4.18 Å². The highest BCUT2D eigenvalue weighted by molar-refractivity contribution is 7.88. The summed E-state index contributed by atoms with van der Waals surface area (Å²) in [6.07, 6.45) is 1.26. The van der Waals surface area contributed by atoms with Crippen LogP contribution in [-0.2, 0) is 14.9 Å². The summed E-state index contributed by atoms with van der Waals surface area (Å²) in [6.45, 7) is 0. The molecule has 0 spiro atoms. The number of rotatable bonds is 5. The molecule has 0 aromatic heterocycles. The zero-order valence-corrected chi connectivity index (χ0v) is 19.3. The second-order valence-electron chi connectivity index (χ2n) is 7.20. The number of methoxy groups -OCH3 is 1. The third-order valence-corrected chi connectivity index (χ3v) is 5.94. The number of halogens is 3. The molecule has 4 rings (SSSR count). The Morgan fingerprint density at radius 3 is 1.97 bits per heavy atom. The van der Waals surface area contributed by atoms with Gasteiger partial charge in [0.1, 0.15) is 0 Å². The van der Waals surface area contributed by atoms with Crippen molar-refractivity contribution >= 4 is 50.2 Å². The van der Waals surface area contributed by atoms with Crippen LogP contribution in [0.3, 0.4) is 0 Å². The molecule has 0 radical (unpaired) electrons. The fraction of sp³-hybridized carbons (Fsp3) is 0.0800. The number of carbonyl (C=O) groups is 3. The second-order valence-corrected chi connectivity index (χ2v) is 8.73. The number of ether oxygens (including phenoxy) is 1. The Kier molecular flexibility index (Phi) is 7.74. The number of esters is 1. The van der Waals surface area contributed by atoms with E-state index in [9.17, 15) is 36.0 Å². The molecular weight excluding hydrogens is 501 g/mol. The van der Waals surface area contributed by atoms with Crippen molar-refractivity contribution in [3.63, 3.8) is 0 Å². The third kappa shape index (κ3) is 5.52. The standard InChI is InChI=1S/C13H10O3.C12H7F3O4S/c1-16-13(15)10-6-9-4-2-3-5-12(9)11(7-10)8-14;13-12(14,15)20(17,18)19-11-6-5-8(7-16)9-3-1-2-4-10(9)11/h2-8H,1H3;1-7H. The Hall–Kier alpha value is -4.25. The lowest BCUT2D eigenvalue weighted by Crippen LogP contribution is -2.28. The highest BCUT2D eigenvalue weighted by atomic mass is 32.2. The minimum absolute atomic E-state index is 0.102. The van der Waals surface area contributed by atoms with Crippen LogP contribution >= 0.6 is 0 Å². The van der Waals surface area contributed by atoms with Gasteiger partial charge in [-0.2, -0.15) is 21.6 Å². The summed E-state index contributed by atoms with van der Waals surface area (Å²) in [6, 6.07) is 18.8. The molecule has 0 amide bonds. The Labute approximate surface area is 203 Å². The number of carbonyl (C=O) groups excluding carboxylic acids is 3. The van der Waals surface area contributed by atoms with E-state index >= 15 is 0 Å². The summed E-state index contributed by atoms with van der Waals surface area (Å²) in [5, 5.41) is 2.10. The molecule has 7 nitrogen and oxygen atoms in total. The van der Waals surface area contributed by atoms with Gasteiger partial charge in [-0.3, -0.25) is 9.59 Å². The predicted molar refractivity (Wildman–Crippen MR) is 126 cm³/mol. The number of hydrogen-bond acceptors (Lipinski definition) is 7. The predicted octanol–water partition coefficient (Wildman–Crippen LogP) is 5.32. The molecule has 0 aliphatic heterocycles. The van der Waals surface area contributed by atoms with Crippen LogP contribution in [0.1, 0.15) is 31.1 Å². The van der Waals surface area contributed by atoms with Gasteiger partial charge in [-0.25, -0.2) is 4.79 Å². The van der Waals surface area contributed by atoms with E-state index in [2.05, 4.69) is 8.92 Å². The van der Waals surface area contributed by atoms with Crippen LogP contribution in [-0.4, -0.2) is 39.6 Å². The largest absolute Gasteiger partial charge is 0.534 e. The molecule has 0 N–H and O–H groups in total. The molecule has 0 atom stereocenters. The molecule has 0 heterocycles. The van der Waals surface area contributed by atoms with E-state index in [1.165, 1.54) is 31.4 Å². The van der Waals surface area contributed by atoms with E-state index in [4.69, 9.17) is 0 Å². The lowest BCUT2D eigenvalue weighted by atomic mass is 10.0. The normalized spacial score (nSPS) is 11.3. The monoisotopic (exact) mass is 518 g/mol. The van der Waals surface area contributed by atoms with Crippen LogP contribution in [0.5, 0.6) is 5.75 Å². The van der Waals surface area contributed by atoms with Crippen molar-refractivity contribution in [2.75, 3.05) is 7.11 Å². The van der Waals surface area contributed by atoms with Gasteiger partial charge in [0.25, 0.3) is 0 Å². The van der Waals surface area contributed by atoms with E-state index in [-0.39, 0.29) is 10.9 Å². The van der Waals surface area contributed by atoms with Gasteiger partial charge >= 0.3 is 21.6 Å². The molecule has 0 fully saturated rings. The summed E-state index contributed by atoms with van der Waals surface area (Å²) in [7, 11) is -4.43. The lowest BCUT2D eigenvalue weighted by molar-refractivity contribution is -0.0499. The maximum absolute atomic E-state index is 12.3. The van der Waals surface area contributed by atoms with E-state index in [1.807, 2.05) is 24.3 Å². The Morgan fingerprint density at radius 1 is 0.806 bits per heavy atom. The first kappa shape index (κ1) is 26.4. The smallest absolute Gasteiger partial charge is 0.465 e. The molecule has 0 aliphatic carbocycles. The number of hydrogen-bond donors (Lipinski definition) is 0. The molecule has 0 saturated heterocycles. The van der Waals surface area contributed by atoms with Gasteiger partial charge in [-0.1, -0.05) is 48.5 Å². The number of fused-ring (bicyclic) bond motifs is 2. The van der Waals surface area contributed by atoms with Gasteiger partial charge in [-0.15, -0.1) is 0 Å². The van der Waals surface area contributed by atoms with Crippen LogP contribution in [0.4, 0.5) is 13.2 Å². The molecule has 11 heteroatoms. The zero-order chi connectivity index (χ0) is 26.5. The molecule has 0 bridgehead atoms. The number of aldehydes is 2. The van der Waals surface area contributed by atoms with E-state index in [1.54, 1.807) is 18.2 Å². The van der Waals surface area contributed by atoms with Crippen molar-refractivity contribution in [3.05, 3.63) is 89.5 Å². The van der Waals surface area contributed by atoms with Gasteiger partial charge in [-0.05, 0) is 40.4 Å². The molecule has 0 aliphatic rings. The zero-order valence-electron chi connectivity index (χ0n) is 18.5. The molecular formula is C25H17F3O7S. The quantitative estimate of drug-likeness (QED) is 0.152. The van der Waals surface area contributed by atoms with Crippen molar-refractivity contribution in [2.45, 2.75) is 5.51 Å². The van der Waals surface area contributed by atoms with E-state index < -0.39 is 27.3 Å². The molecule has 0 unspecified atom stereocenters. The van der Waals surface area contributed by atoms with Crippen molar-refractivity contribution < 1.29 is 44.9 Å². The fourth-order valence-corrected chi connectivity index (χ4v) is 3.79. The molecule has 4 aromatic carbocycles. The first-order chi connectivity index (χ1) is 17.0. The summed E-state index contributed by atoms with van der Waals surface area (Å²) in [4.78, 5) is 33.2. The topological polar surface area (TPSA) is 104 Å². The van der Waals surface area contributed by atoms with E-state index in [0.29, 0.717) is 22.8 Å². The fourth-order valence-electron chi connectivity index (χ4n) is 3.31. The van der Waals surface area contributed by atoms with Gasteiger partial charge < -0.3 is 8.92 Å². The van der Waals surface area contributed by atoms with Crippen molar-refractivity contribution in [1.82, 2.24) is 0 Å². The first-order valence-corrected chi connectivity index (χ1v) is 11.5. The van der Waals surface area contributed by atoms with Crippen molar-refractivity contribution in [2.24, 2.45) is 0 Å². The Bertz CT molecular complexity index is 1560. The summed E-state index contributed by atoms with van der Waals surface area (Å²) in [5.74, 6) is -0.919. The molecule has 0 saturated carbocycles. The summed E-state index contributed by atoms with van der Waals surface area (Å²) >= 11 is 0. The number of alkyl halides is 3. The van der Waals surface area contributed by atoms with Gasteiger partial charge in [0, 0.05) is 16.5 Å². The first-order valence-electron chi connectivity index (χ1n) is 10.1. The molecule has 36 heavy (non-hydrogen) atoms. The van der Waals surface area contributed by atoms with E-state index in [0.717, 1.165) is 23.1 Å². The Morgan fingerprint density at radius 2 is 1.39 bits per heavy atom. The van der Waals surface area contributed by atoms with Crippen LogP contribution in [0, 0.1) is 0 Å². The van der Waals surface area contributed by atoms with Gasteiger partial charge in [0.2, 0.25) is 0 Å². The Balaban J connectivity index is 0.000000205. The second kappa shape index (κ2) is 10.6. The molecule has 186 valence electrons. The van der Waals surface area contributed by atoms with Gasteiger partial charge in [0.15, 0.2) is 18.3 Å². The highest BCUT2D eigenvalue weighted by Gasteiger charge is 2.48. The summed E-state index contributed by atoms with van der Waals surface area (Å²) in [5.41, 5.74) is -4.41. The maximum atomic E-state index is 12.3. The maximum Gasteiger partial charge on any atom is 0.534 e. The van der Waals surface area contributed by atoms with Crippen LogP contribution in [0.2, 0.25) is 0 Å². The van der Waals surface area contributed by atoms with Crippen LogP contribution in [0.15, 0.2) is 72.8 Å². The lowest BCUT2D eigenvalue weighted by Gasteiger charge is -2.12. The third-order valence-electron chi connectivity index (χ3n) is 4.97. The summed E-state index contributed by atoms with van der Waals surface area (Å²) < 4.78 is 67.6. The average molecular weight is 518 g/mol. The van der Waals surface area contributed by atoms with Crippen molar-refractivity contribution in [1.29, 1.82) is 0 Å².